The van der Waals surface area contributed by atoms with Crippen molar-refractivity contribution in [1.82, 2.24) is 4.90 Å². The summed E-state index contributed by atoms with van der Waals surface area (Å²) >= 11 is 6.33. The molecule has 1 aromatic carbocycles. The summed E-state index contributed by atoms with van der Waals surface area (Å²) in [6, 6.07) is 6.20. The molecular weight excluding hydrogens is 346 g/mol. The number of thiocarbonyl (C=S) groups is 1. The lowest BCUT2D eigenvalue weighted by molar-refractivity contribution is -0.311. The summed E-state index contributed by atoms with van der Waals surface area (Å²) in [5, 5.41) is 11.5. The van der Waals surface area contributed by atoms with Crippen molar-refractivity contribution in [2.45, 2.75) is 26.3 Å². The molecular formula is C17H18NO4S2-. The van der Waals surface area contributed by atoms with E-state index in [1.165, 1.54) is 0 Å². The van der Waals surface area contributed by atoms with Crippen LogP contribution in [0.3, 0.4) is 0 Å². The Morgan fingerprint density at radius 1 is 1.46 bits per heavy atom. The minimum atomic E-state index is -1.29. The average Bonchev–Trinajstić information content (AvgIpc) is 2.83. The number of para-hydroxylation sites is 1. The van der Waals surface area contributed by atoms with Crippen LogP contribution in [0.5, 0.6) is 5.75 Å². The van der Waals surface area contributed by atoms with Crippen LogP contribution in [0.1, 0.15) is 25.8 Å². The van der Waals surface area contributed by atoms with Gasteiger partial charge in [0.15, 0.2) is 0 Å². The SMILES string of the molecule is CC[C@@H](C)[C@H](C(=O)[O-])N1C(=O)/C(=C/c2ccccc2OC)SC1=S. The van der Waals surface area contributed by atoms with Gasteiger partial charge in [0, 0.05) is 5.56 Å². The number of nitrogens with zero attached hydrogens (tertiary/aromatic N) is 1. The van der Waals surface area contributed by atoms with Crippen molar-refractivity contribution in [3.63, 3.8) is 0 Å². The molecule has 1 aliphatic rings. The first kappa shape index (κ1) is 18.5. The maximum Gasteiger partial charge on any atom is 0.266 e. The molecule has 0 spiro atoms. The third-order valence-electron chi connectivity index (χ3n) is 3.95. The highest BCUT2D eigenvalue weighted by molar-refractivity contribution is 8.26. The molecule has 2 atom stereocenters. The van der Waals surface area contributed by atoms with Crippen molar-refractivity contribution in [3.05, 3.63) is 34.7 Å². The van der Waals surface area contributed by atoms with Crippen LogP contribution < -0.4 is 9.84 Å². The fraction of sp³-hybridized carbons (Fsp3) is 0.353. The zero-order chi connectivity index (χ0) is 17.9. The van der Waals surface area contributed by atoms with Gasteiger partial charge in [-0.3, -0.25) is 9.69 Å². The van der Waals surface area contributed by atoms with Crippen LogP contribution in [0.15, 0.2) is 29.2 Å². The quantitative estimate of drug-likeness (QED) is 0.568. The maximum absolute atomic E-state index is 12.7. The number of carbonyl (C=O) groups is 2. The molecule has 2 rings (SSSR count). The number of hydrogen-bond acceptors (Lipinski definition) is 6. The van der Waals surface area contributed by atoms with E-state index in [1.54, 1.807) is 26.2 Å². The number of aliphatic carboxylic acids is 1. The molecule has 0 bridgehead atoms. The first-order chi connectivity index (χ1) is 11.4. The molecule has 0 aliphatic carbocycles. The number of amides is 1. The van der Waals surface area contributed by atoms with E-state index in [4.69, 9.17) is 17.0 Å². The van der Waals surface area contributed by atoms with Crippen LogP contribution in [0.25, 0.3) is 6.08 Å². The van der Waals surface area contributed by atoms with Crippen molar-refractivity contribution in [1.29, 1.82) is 0 Å². The summed E-state index contributed by atoms with van der Waals surface area (Å²) in [6.07, 6.45) is 2.27. The Morgan fingerprint density at radius 2 is 2.12 bits per heavy atom. The van der Waals surface area contributed by atoms with Gasteiger partial charge >= 0.3 is 0 Å². The highest BCUT2D eigenvalue weighted by atomic mass is 32.2. The highest BCUT2D eigenvalue weighted by Crippen LogP contribution is 2.36. The lowest BCUT2D eigenvalue weighted by Gasteiger charge is -2.32. The standard InChI is InChI=1S/C17H19NO4S2/c1-4-10(2)14(16(20)21)18-15(19)13(24-17(18)23)9-11-7-5-6-8-12(11)22-3/h5-10,14H,4H2,1-3H3,(H,20,21)/p-1/b13-9-/t10-,14-/m1/s1. The molecule has 1 aromatic rings. The maximum atomic E-state index is 12.7. The highest BCUT2D eigenvalue weighted by Gasteiger charge is 2.39. The molecule has 0 unspecified atom stereocenters. The van der Waals surface area contributed by atoms with Crippen LogP contribution in [0.4, 0.5) is 0 Å². The smallest absolute Gasteiger partial charge is 0.266 e. The Morgan fingerprint density at radius 3 is 2.71 bits per heavy atom. The van der Waals surface area contributed by atoms with Crippen LogP contribution in [0.2, 0.25) is 0 Å². The van der Waals surface area contributed by atoms with Gasteiger partial charge in [-0.2, -0.15) is 0 Å². The first-order valence-electron chi connectivity index (χ1n) is 7.51. The van der Waals surface area contributed by atoms with Crippen LogP contribution >= 0.6 is 24.0 Å². The van der Waals surface area contributed by atoms with Crippen molar-refractivity contribution < 1.29 is 19.4 Å². The Balaban J connectivity index is 2.38. The van der Waals surface area contributed by atoms with E-state index >= 15 is 0 Å². The van der Waals surface area contributed by atoms with E-state index in [0.717, 1.165) is 22.2 Å². The molecule has 1 saturated heterocycles. The predicted octanol–water partition coefficient (Wildman–Crippen LogP) is 2.06. The van der Waals surface area contributed by atoms with Gasteiger partial charge < -0.3 is 14.6 Å². The third-order valence-corrected chi connectivity index (χ3v) is 5.28. The van der Waals surface area contributed by atoms with Crippen molar-refractivity contribution in [3.8, 4) is 5.75 Å². The van der Waals surface area contributed by atoms with Gasteiger partial charge in [-0.05, 0) is 18.1 Å². The number of carbonyl (C=O) groups excluding carboxylic acids is 2. The lowest BCUT2D eigenvalue weighted by atomic mass is 9.98. The Bertz CT molecular complexity index is 702. The minimum absolute atomic E-state index is 0.232. The lowest BCUT2D eigenvalue weighted by Crippen LogP contribution is -2.53. The summed E-state index contributed by atoms with van der Waals surface area (Å²) in [5.41, 5.74) is 0.731. The molecule has 5 nitrogen and oxygen atoms in total. The Labute approximate surface area is 150 Å². The van der Waals surface area contributed by atoms with Gasteiger partial charge in [0.1, 0.15) is 10.1 Å². The van der Waals surface area contributed by atoms with E-state index in [9.17, 15) is 14.7 Å². The van der Waals surface area contributed by atoms with E-state index < -0.39 is 17.9 Å². The molecule has 0 aromatic heterocycles. The van der Waals surface area contributed by atoms with E-state index in [1.807, 2.05) is 25.1 Å². The molecule has 24 heavy (non-hydrogen) atoms. The largest absolute Gasteiger partial charge is 0.548 e. The number of rotatable bonds is 6. The number of benzene rings is 1. The van der Waals surface area contributed by atoms with E-state index in [-0.39, 0.29) is 10.2 Å². The Hall–Kier alpha value is -1.86. The van der Waals surface area contributed by atoms with Gasteiger partial charge in [-0.25, -0.2) is 0 Å². The second kappa shape index (κ2) is 7.81. The number of carboxylic acids is 1. The first-order valence-corrected chi connectivity index (χ1v) is 8.74. The second-order valence-corrected chi connectivity index (χ2v) is 7.12. The monoisotopic (exact) mass is 364 g/mol. The van der Waals surface area contributed by atoms with Gasteiger partial charge in [0.25, 0.3) is 5.91 Å². The fourth-order valence-electron chi connectivity index (χ4n) is 2.46. The normalized spacial score (nSPS) is 18.8. The zero-order valence-corrected chi connectivity index (χ0v) is 15.3. The van der Waals surface area contributed by atoms with Crippen molar-refractivity contribution >= 4 is 46.3 Å². The van der Waals surface area contributed by atoms with Gasteiger partial charge in [0.05, 0.1) is 24.0 Å². The molecule has 1 amide bonds. The molecule has 1 fully saturated rings. The van der Waals surface area contributed by atoms with Crippen LogP contribution in [0, 0.1) is 5.92 Å². The topological polar surface area (TPSA) is 69.7 Å². The van der Waals surface area contributed by atoms with Gasteiger partial charge in [-0.1, -0.05) is 62.4 Å². The fourth-order valence-corrected chi connectivity index (χ4v) is 3.78. The summed E-state index contributed by atoms with van der Waals surface area (Å²) in [6.45, 7) is 3.63. The zero-order valence-electron chi connectivity index (χ0n) is 13.6. The molecule has 0 radical (unpaired) electrons. The van der Waals surface area contributed by atoms with Crippen LogP contribution in [-0.4, -0.2) is 34.2 Å². The number of methoxy groups -OCH3 is 1. The number of thioether (sulfide) groups is 1. The summed E-state index contributed by atoms with van der Waals surface area (Å²) < 4.78 is 5.50. The van der Waals surface area contributed by atoms with Gasteiger partial charge in [0.2, 0.25) is 0 Å². The number of hydrogen-bond donors (Lipinski definition) is 0. The van der Waals surface area contributed by atoms with Crippen LogP contribution in [-0.2, 0) is 9.59 Å². The van der Waals surface area contributed by atoms with Crippen molar-refractivity contribution in [2.24, 2.45) is 5.92 Å². The second-order valence-electron chi connectivity index (χ2n) is 5.44. The molecule has 7 heteroatoms. The summed E-state index contributed by atoms with van der Waals surface area (Å²) in [4.78, 5) is 25.8. The summed E-state index contributed by atoms with van der Waals surface area (Å²) in [5.74, 6) is -1.34. The number of carboxylic acid groups (broad SMARTS) is 1. The van der Waals surface area contributed by atoms with E-state index in [2.05, 4.69) is 0 Å². The molecule has 128 valence electrons. The third kappa shape index (κ3) is 3.62. The molecule has 0 N–H and O–H groups in total. The molecule has 1 heterocycles. The summed E-state index contributed by atoms with van der Waals surface area (Å²) in [7, 11) is 1.55. The molecule has 1 aliphatic heterocycles. The Kier molecular flexibility index (Phi) is 6.01. The number of ether oxygens (including phenoxy) is 1. The minimum Gasteiger partial charge on any atom is -0.548 e. The predicted molar refractivity (Wildman–Crippen MR) is 96.3 cm³/mol. The van der Waals surface area contributed by atoms with E-state index in [0.29, 0.717) is 17.1 Å². The average molecular weight is 364 g/mol. The molecule has 0 saturated carbocycles. The van der Waals surface area contributed by atoms with Gasteiger partial charge in [-0.15, -0.1) is 0 Å². The van der Waals surface area contributed by atoms with Crippen molar-refractivity contribution in [2.75, 3.05) is 7.11 Å².